The minimum Gasteiger partial charge on any atom is -0.338 e. The number of aromatic nitrogens is 4. The fraction of sp³-hybridized carbons (Fsp3) is 0.462. The molecule has 0 unspecified atom stereocenters. The number of imidazole rings is 1. The van der Waals surface area contributed by atoms with Crippen LogP contribution in [0.4, 0.5) is 13.2 Å². The van der Waals surface area contributed by atoms with E-state index in [0.717, 1.165) is 6.20 Å². The number of rotatable bonds is 2. The largest absolute Gasteiger partial charge is 0.432 e. The molecule has 0 saturated carbocycles. The van der Waals surface area contributed by atoms with E-state index in [1.165, 1.54) is 6.20 Å². The van der Waals surface area contributed by atoms with Crippen molar-refractivity contribution in [2.75, 3.05) is 13.1 Å². The maximum Gasteiger partial charge on any atom is 0.432 e. The summed E-state index contributed by atoms with van der Waals surface area (Å²) in [6.07, 6.45) is -0.753. The molecule has 6 nitrogen and oxygen atoms in total. The highest BCUT2D eigenvalue weighted by atomic mass is 19.4. The molecule has 2 aromatic rings. The van der Waals surface area contributed by atoms with Gasteiger partial charge < -0.3 is 9.88 Å². The number of halogens is 3. The summed E-state index contributed by atoms with van der Waals surface area (Å²) in [4.78, 5) is 20.0. The van der Waals surface area contributed by atoms with Gasteiger partial charge in [-0.25, -0.2) is 4.98 Å². The van der Waals surface area contributed by atoms with Crippen molar-refractivity contribution in [2.45, 2.75) is 24.9 Å². The van der Waals surface area contributed by atoms with Crippen molar-refractivity contribution in [1.82, 2.24) is 25.1 Å². The maximum absolute atomic E-state index is 12.6. The van der Waals surface area contributed by atoms with E-state index in [2.05, 4.69) is 20.2 Å². The first kappa shape index (κ1) is 14.6. The second kappa shape index (κ2) is 5.47. The van der Waals surface area contributed by atoms with Gasteiger partial charge in [0.15, 0.2) is 0 Å². The number of likely N-dealkylation sites (tertiary alicyclic amines) is 1. The van der Waals surface area contributed by atoms with Crippen LogP contribution in [-0.4, -0.2) is 44.1 Å². The summed E-state index contributed by atoms with van der Waals surface area (Å²) in [5.41, 5.74) is -0.490. The zero-order valence-corrected chi connectivity index (χ0v) is 11.5. The summed E-state index contributed by atoms with van der Waals surface area (Å²) in [6, 6.07) is 1.57. The van der Waals surface area contributed by atoms with Crippen molar-refractivity contribution in [3.8, 4) is 0 Å². The lowest BCUT2D eigenvalue weighted by Gasteiger charge is -2.31. The Labute approximate surface area is 123 Å². The van der Waals surface area contributed by atoms with Gasteiger partial charge in [-0.05, 0) is 18.9 Å². The van der Waals surface area contributed by atoms with Gasteiger partial charge in [-0.15, -0.1) is 0 Å². The number of piperidine rings is 1. The first-order valence-electron chi connectivity index (χ1n) is 6.86. The number of amides is 1. The standard InChI is InChI=1S/C13H14F3N5O/c14-13(15,16)10-6-17-11(19-10)8-2-1-5-21(7-8)12(22)9-3-4-18-20-9/h3-4,6,8H,1-2,5,7H2,(H,17,19)(H,18,20)/t8-/m0/s1. The number of hydrogen-bond donors (Lipinski definition) is 2. The molecule has 1 atom stereocenters. The van der Waals surface area contributed by atoms with Crippen molar-refractivity contribution in [3.05, 3.63) is 35.7 Å². The molecule has 3 heterocycles. The minimum absolute atomic E-state index is 0.204. The van der Waals surface area contributed by atoms with Crippen LogP contribution in [0.1, 0.15) is 40.8 Å². The molecular formula is C13H14F3N5O. The molecule has 0 aromatic carbocycles. The molecule has 3 rings (SSSR count). The van der Waals surface area contributed by atoms with Crippen LogP contribution in [0.3, 0.4) is 0 Å². The minimum atomic E-state index is -4.44. The van der Waals surface area contributed by atoms with Crippen molar-refractivity contribution < 1.29 is 18.0 Å². The van der Waals surface area contributed by atoms with Crippen LogP contribution in [-0.2, 0) is 6.18 Å². The predicted octanol–water partition coefficient (Wildman–Crippen LogP) is 2.17. The van der Waals surface area contributed by atoms with Gasteiger partial charge in [-0.1, -0.05) is 0 Å². The summed E-state index contributed by atoms with van der Waals surface area (Å²) >= 11 is 0. The molecule has 22 heavy (non-hydrogen) atoms. The predicted molar refractivity (Wildman–Crippen MR) is 70.1 cm³/mol. The molecule has 2 aromatic heterocycles. The Morgan fingerprint density at radius 3 is 2.86 bits per heavy atom. The molecule has 2 N–H and O–H groups in total. The molecule has 9 heteroatoms. The van der Waals surface area contributed by atoms with Gasteiger partial charge in [0, 0.05) is 25.2 Å². The number of carbonyl (C=O) groups excluding carboxylic acids is 1. The molecule has 1 fully saturated rings. The van der Waals surface area contributed by atoms with E-state index < -0.39 is 11.9 Å². The van der Waals surface area contributed by atoms with Crippen LogP contribution in [0, 0.1) is 0 Å². The smallest absolute Gasteiger partial charge is 0.338 e. The quantitative estimate of drug-likeness (QED) is 0.892. The number of alkyl halides is 3. The topological polar surface area (TPSA) is 77.7 Å². The van der Waals surface area contributed by atoms with Gasteiger partial charge in [0.25, 0.3) is 5.91 Å². The maximum atomic E-state index is 12.6. The van der Waals surface area contributed by atoms with Gasteiger partial charge in [-0.3, -0.25) is 9.89 Å². The SMILES string of the molecule is O=C(c1ccn[nH]1)N1CCC[C@H](c2ncc(C(F)(F)F)[nH]2)C1. The highest BCUT2D eigenvalue weighted by Crippen LogP contribution is 2.31. The van der Waals surface area contributed by atoms with E-state index in [0.29, 0.717) is 31.6 Å². The van der Waals surface area contributed by atoms with Crippen LogP contribution in [0.5, 0.6) is 0 Å². The van der Waals surface area contributed by atoms with Crippen molar-refractivity contribution in [1.29, 1.82) is 0 Å². The molecule has 0 radical (unpaired) electrons. The zero-order valence-electron chi connectivity index (χ0n) is 11.5. The Morgan fingerprint density at radius 1 is 1.41 bits per heavy atom. The van der Waals surface area contributed by atoms with E-state index in [1.807, 2.05) is 0 Å². The third kappa shape index (κ3) is 2.83. The third-order valence-corrected chi connectivity index (χ3v) is 3.73. The lowest BCUT2D eigenvalue weighted by Crippen LogP contribution is -2.39. The Morgan fingerprint density at radius 2 is 2.23 bits per heavy atom. The van der Waals surface area contributed by atoms with Gasteiger partial charge in [0.1, 0.15) is 17.2 Å². The molecule has 1 amide bonds. The zero-order chi connectivity index (χ0) is 15.7. The van der Waals surface area contributed by atoms with Gasteiger partial charge in [-0.2, -0.15) is 18.3 Å². The molecule has 1 saturated heterocycles. The molecule has 1 aliphatic heterocycles. The summed E-state index contributed by atoms with van der Waals surface area (Å²) in [5, 5.41) is 6.33. The number of carbonyl (C=O) groups is 1. The molecule has 0 bridgehead atoms. The summed E-state index contributed by atoms with van der Waals surface area (Å²) < 4.78 is 37.8. The Hall–Kier alpha value is -2.32. The molecule has 0 aliphatic carbocycles. The Bertz CT molecular complexity index is 649. The highest BCUT2D eigenvalue weighted by molar-refractivity contribution is 5.92. The van der Waals surface area contributed by atoms with Crippen LogP contribution in [0.2, 0.25) is 0 Å². The molecule has 118 valence electrons. The average Bonchev–Trinajstić information content (AvgIpc) is 3.17. The number of H-pyrrole nitrogens is 2. The normalized spacial score (nSPS) is 19.4. The number of nitrogens with zero attached hydrogens (tertiary/aromatic N) is 3. The fourth-order valence-corrected chi connectivity index (χ4v) is 2.62. The van der Waals surface area contributed by atoms with E-state index in [-0.39, 0.29) is 17.6 Å². The van der Waals surface area contributed by atoms with Crippen molar-refractivity contribution in [3.63, 3.8) is 0 Å². The summed E-state index contributed by atoms with van der Waals surface area (Å²) in [5.74, 6) is -0.157. The van der Waals surface area contributed by atoms with E-state index in [4.69, 9.17) is 0 Å². The van der Waals surface area contributed by atoms with E-state index in [1.54, 1.807) is 11.0 Å². The second-order valence-corrected chi connectivity index (χ2v) is 5.24. The van der Waals surface area contributed by atoms with Crippen LogP contribution in [0.15, 0.2) is 18.5 Å². The molecular weight excluding hydrogens is 299 g/mol. The third-order valence-electron chi connectivity index (χ3n) is 3.73. The summed E-state index contributed by atoms with van der Waals surface area (Å²) in [7, 11) is 0. The number of aromatic amines is 2. The van der Waals surface area contributed by atoms with Crippen molar-refractivity contribution >= 4 is 5.91 Å². The second-order valence-electron chi connectivity index (χ2n) is 5.24. The number of nitrogens with one attached hydrogen (secondary N) is 2. The van der Waals surface area contributed by atoms with Gasteiger partial charge in [0.05, 0.1) is 6.20 Å². The lowest BCUT2D eigenvalue weighted by molar-refractivity contribution is -0.141. The van der Waals surface area contributed by atoms with Gasteiger partial charge in [0.2, 0.25) is 0 Å². The van der Waals surface area contributed by atoms with E-state index in [9.17, 15) is 18.0 Å². The Kier molecular flexibility index (Phi) is 3.63. The Balaban J connectivity index is 1.73. The highest BCUT2D eigenvalue weighted by Gasteiger charge is 2.35. The first-order valence-corrected chi connectivity index (χ1v) is 6.86. The average molecular weight is 313 g/mol. The molecule has 0 spiro atoms. The summed E-state index contributed by atoms with van der Waals surface area (Å²) in [6.45, 7) is 0.907. The van der Waals surface area contributed by atoms with Crippen LogP contribution in [0.25, 0.3) is 0 Å². The monoisotopic (exact) mass is 313 g/mol. The molecule has 1 aliphatic rings. The number of hydrogen-bond acceptors (Lipinski definition) is 3. The first-order chi connectivity index (χ1) is 10.4. The van der Waals surface area contributed by atoms with Crippen LogP contribution < -0.4 is 0 Å². The van der Waals surface area contributed by atoms with E-state index >= 15 is 0 Å². The van der Waals surface area contributed by atoms with Gasteiger partial charge >= 0.3 is 6.18 Å². The van der Waals surface area contributed by atoms with Crippen LogP contribution >= 0.6 is 0 Å². The van der Waals surface area contributed by atoms with Crippen molar-refractivity contribution in [2.24, 2.45) is 0 Å². The lowest BCUT2D eigenvalue weighted by atomic mass is 9.97. The fourth-order valence-electron chi connectivity index (χ4n) is 2.62.